The maximum Gasteiger partial charge on any atom is 0.317 e. The number of likely N-dealkylation sites (tertiary alicyclic amines) is 1. The summed E-state index contributed by atoms with van der Waals surface area (Å²) in [6.45, 7) is 2.79. The molecule has 1 fully saturated rings. The van der Waals surface area contributed by atoms with Crippen molar-refractivity contribution in [2.45, 2.75) is 25.9 Å². The van der Waals surface area contributed by atoms with Crippen LogP contribution in [-0.4, -0.2) is 34.6 Å². The maximum atomic E-state index is 11.9. The molecule has 6 heteroatoms. The van der Waals surface area contributed by atoms with Crippen molar-refractivity contribution < 1.29 is 14.7 Å². The fourth-order valence-electron chi connectivity index (χ4n) is 2.23. The summed E-state index contributed by atoms with van der Waals surface area (Å²) in [7, 11) is 0. The lowest BCUT2D eigenvalue weighted by Gasteiger charge is -2.23. The molecule has 1 aromatic rings. The zero-order chi connectivity index (χ0) is 13.1. The summed E-state index contributed by atoms with van der Waals surface area (Å²) in [5, 5.41) is 13.8. The number of urea groups is 1. The number of carbonyl (C=O) groups is 2. The summed E-state index contributed by atoms with van der Waals surface area (Å²) < 4.78 is 0. The molecule has 0 radical (unpaired) electrons. The normalized spacial score (nSPS) is 23.1. The molecule has 18 heavy (non-hydrogen) atoms. The Morgan fingerprint density at radius 1 is 1.61 bits per heavy atom. The van der Waals surface area contributed by atoms with E-state index in [0.717, 1.165) is 4.88 Å². The molecule has 1 aliphatic rings. The van der Waals surface area contributed by atoms with E-state index in [9.17, 15) is 9.59 Å². The van der Waals surface area contributed by atoms with Gasteiger partial charge in [-0.25, -0.2) is 4.79 Å². The largest absolute Gasteiger partial charge is 0.481 e. The molecule has 1 aromatic heterocycles. The van der Waals surface area contributed by atoms with Crippen molar-refractivity contribution in [2.75, 3.05) is 6.54 Å². The zero-order valence-electron chi connectivity index (χ0n) is 10.1. The van der Waals surface area contributed by atoms with E-state index in [1.807, 2.05) is 17.5 Å². The van der Waals surface area contributed by atoms with E-state index in [4.69, 9.17) is 5.11 Å². The number of hydrogen-bond acceptors (Lipinski definition) is 3. The van der Waals surface area contributed by atoms with E-state index in [1.54, 1.807) is 23.2 Å². The summed E-state index contributed by atoms with van der Waals surface area (Å²) in [6.07, 6.45) is 0.531. The average Bonchev–Trinajstić information content (AvgIpc) is 2.94. The predicted molar refractivity (Wildman–Crippen MR) is 68.5 cm³/mol. The molecule has 5 nitrogen and oxygen atoms in total. The third-order valence-electron chi connectivity index (χ3n) is 3.33. The maximum absolute atomic E-state index is 11.9. The van der Waals surface area contributed by atoms with Gasteiger partial charge in [-0.15, -0.1) is 11.3 Å². The molecule has 1 aliphatic heterocycles. The van der Waals surface area contributed by atoms with Crippen molar-refractivity contribution in [3.8, 4) is 0 Å². The van der Waals surface area contributed by atoms with Crippen molar-refractivity contribution >= 4 is 23.3 Å². The first-order valence-corrected chi connectivity index (χ1v) is 6.77. The van der Waals surface area contributed by atoms with Crippen LogP contribution in [0.1, 0.15) is 18.2 Å². The molecular formula is C12H16N2O3S. The topological polar surface area (TPSA) is 69.6 Å². The highest BCUT2D eigenvalue weighted by molar-refractivity contribution is 7.09. The Morgan fingerprint density at radius 2 is 2.39 bits per heavy atom. The van der Waals surface area contributed by atoms with Crippen molar-refractivity contribution in [3.05, 3.63) is 22.4 Å². The van der Waals surface area contributed by atoms with Crippen LogP contribution in [0.25, 0.3) is 0 Å². The summed E-state index contributed by atoms with van der Waals surface area (Å²) in [5.74, 6) is -1.27. The zero-order valence-corrected chi connectivity index (χ0v) is 10.9. The number of rotatable bonds is 3. The minimum Gasteiger partial charge on any atom is -0.481 e. The highest BCUT2D eigenvalue weighted by atomic mass is 32.1. The summed E-state index contributed by atoms with van der Waals surface area (Å²) >= 11 is 1.59. The molecule has 0 aromatic carbocycles. The fourth-order valence-corrected chi connectivity index (χ4v) is 2.88. The van der Waals surface area contributed by atoms with Crippen LogP contribution in [0.15, 0.2) is 17.5 Å². The number of amides is 2. The molecule has 0 saturated carbocycles. The number of carboxylic acids is 1. The monoisotopic (exact) mass is 268 g/mol. The van der Waals surface area contributed by atoms with Gasteiger partial charge in [0, 0.05) is 17.5 Å². The Balaban J connectivity index is 1.88. The van der Waals surface area contributed by atoms with Gasteiger partial charge in [-0.05, 0) is 24.8 Å². The van der Waals surface area contributed by atoms with Crippen LogP contribution < -0.4 is 5.32 Å². The van der Waals surface area contributed by atoms with Gasteiger partial charge in [-0.1, -0.05) is 6.07 Å². The van der Waals surface area contributed by atoms with Crippen LogP contribution in [0.4, 0.5) is 4.79 Å². The van der Waals surface area contributed by atoms with Gasteiger partial charge in [0.25, 0.3) is 0 Å². The summed E-state index contributed by atoms with van der Waals surface area (Å²) in [4.78, 5) is 25.6. The van der Waals surface area contributed by atoms with Gasteiger partial charge in [-0.3, -0.25) is 4.79 Å². The van der Waals surface area contributed by atoms with Gasteiger partial charge in [0.1, 0.15) is 0 Å². The minimum atomic E-state index is -0.823. The number of nitrogens with zero attached hydrogens (tertiary/aromatic N) is 1. The van der Waals surface area contributed by atoms with E-state index in [-0.39, 0.29) is 12.1 Å². The molecule has 0 bridgehead atoms. The Hall–Kier alpha value is -1.56. The van der Waals surface area contributed by atoms with Crippen LogP contribution in [0.5, 0.6) is 0 Å². The van der Waals surface area contributed by atoms with Crippen molar-refractivity contribution in [1.82, 2.24) is 10.2 Å². The Labute approximate surface area is 109 Å². The highest BCUT2D eigenvalue weighted by Gasteiger charge is 2.37. The number of aliphatic carboxylic acids is 1. The second kappa shape index (κ2) is 5.39. The molecule has 0 aliphatic carbocycles. The molecule has 2 N–H and O–H groups in total. The van der Waals surface area contributed by atoms with E-state index in [0.29, 0.717) is 19.5 Å². The predicted octanol–water partition coefficient (Wildman–Crippen LogP) is 1.75. The van der Waals surface area contributed by atoms with Crippen LogP contribution in [0.3, 0.4) is 0 Å². The molecule has 98 valence electrons. The molecule has 1 saturated heterocycles. The lowest BCUT2D eigenvalue weighted by atomic mass is 10.0. The molecule has 0 spiro atoms. The van der Waals surface area contributed by atoms with Crippen LogP contribution in [0.2, 0.25) is 0 Å². The van der Waals surface area contributed by atoms with E-state index >= 15 is 0 Å². The van der Waals surface area contributed by atoms with Crippen LogP contribution in [-0.2, 0) is 11.3 Å². The second-order valence-corrected chi connectivity index (χ2v) is 5.44. The third kappa shape index (κ3) is 2.64. The Bertz CT molecular complexity index is 433. The fraction of sp³-hybridized carbons (Fsp3) is 0.500. The average molecular weight is 268 g/mol. The van der Waals surface area contributed by atoms with Crippen molar-refractivity contribution in [2.24, 2.45) is 5.92 Å². The van der Waals surface area contributed by atoms with Gasteiger partial charge in [0.2, 0.25) is 0 Å². The number of nitrogens with one attached hydrogen (secondary N) is 1. The van der Waals surface area contributed by atoms with Gasteiger partial charge in [0.15, 0.2) is 0 Å². The SMILES string of the molecule is CC1C(C(=O)O)CCN1C(=O)NCc1cccs1. The number of carbonyl (C=O) groups excluding carboxylic acids is 1. The lowest BCUT2D eigenvalue weighted by Crippen LogP contribution is -2.43. The minimum absolute atomic E-state index is 0.181. The smallest absolute Gasteiger partial charge is 0.317 e. The van der Waals surface area contributed by atoms with Crippen molar-refractivity contribution in [3.63, 3.8) is 0 Å². The lowest BCUT2D eigenvalue weighted by molar-refractivity contribution is -0.142. The van der Waals surface area contributed by atoms with Crippen LogP contribution >= 0.6 is 11.3 Å². The molecule has 2 amide bonds. The van der Waals surface area contributed by atoms with Gasteiger partial charge >= 0.3 is 12.0 Å². The van der Waals surface area contributed by atoms with Crippen LogP contribution in [0, 0.1) is 5.92 Å². The molecule has 2 atom stereocenters. The number of carboxylic acid groups (broad SMARTS) is 1. The standard InChI is InChI=1S/C12H16N2O3S/c1-8-10(11(15)16)4-5-14(8)12(17)13-7-9-3-2-6-18-9/h2-3,6,8,10H,4-5,7H2,1H3,(H,13,17)(H,15,16). The highest BCUT2D eigenvalue weighted by Crippen LogP contribution is 2.24. The molecular weight excluding hydrogens is 252 g/mol. The number of hydrogen-bond donors (Lipinski definition) is 2. The first kappa shape index (κ1) is 12.9. The number of thiophene rings is 1. The van der Waals surface area contributed by atoms with E-state index < -0.39 is 11.9 Å². The quantitative estimate of drug-likeness (QED) is 0.877. The Kier molecular flexibility index (Phi) is 3.86. The third-order valence-corrected chi connectivity index (χ3v) is 4.20. The summed E-state index contributed by atoms with van der Waals surface area (Å²) in [6, 6.07) is 3.47. The molecule has 2 rings (SSSR count). The summed E-state index contributed by atoms with van der Waals surface area (Å²) in [5.41, 5.74) is 0. The van der Waals surface area contributed by atoms with E-state index in [2.05, 4.69) is 5.32 Å². The van der Waals surface area contributed by atoms with E-state index in [1.165, 1.54) is 0 Å². The van der Waals surface area contributed by atoms with Crippen molar-refractivity contribution in [1.29, 1.82) is 0 Å². The molecule has 2 heterocycles. The first-order valence-electron chi connectivity index (χ1n) is 5.89. The molecule has 2 unspecified atom stereocenters. The Morgan fingerprint density at radius 3 is 2.94 bits per heavy atom. The van der Waals surface area contributed by atoms with Gasteiger partial charge in [0.05, 0.1) is 12.5 Å². The van der Waals surface area contributed by atoms with Gasteiger partial charge < -0.3 is 15.3 Å². The first-order chi connectivity index (χ1) is 8.59. The van der Waals surface area contributed by atoms with Gasteiger partial charge in [-0.2, -0.15) is 0 Å². The second-order valence-electron chi connectivity index (χ2n) is 4.41.